The fourth-order valence-electron chi connectivity index (χ4n) is 14.2. The van der Waals surface area contributed by atoms with Gasteiger partial charge in [0.2, 0.25) is 0 Å². The molecule has 2 aliphatic rings. The molecule has 0 unspecified atom stereocenters. The zero-order valence-electron chi connectivity index (χ0n) is 45.2. The highest BCUT2D eigenvalue weighted by Gasteiger charge is 2.55. The van der Waals surface area contributed by atoms with Crippen molar-refractivity contribution in [3.8, 4) is 11.5 Å². The van der Waals surface area contributed by atoms with E-state index in [0.717, 1.165) is 24.3 Å². The molecule has 2 aliphatic heterocycles. The third kappa shape index (κ3) is 7.26. The quantitative estimate of drug-likeness (QED) is 0.155. The molecule has 0 fully saturated rings. The van der Waals surface area contributed by atoms with Crippen molar-refractivity contribution in [2.45, 2.75) is 71.0 Å². The van der Waals surface area contributed by atoms with E-state index in [1.807, 2.05) is 0 Å². The van der Waals surface area contributed by atoms with Crippen LogP contribution in [-0.4, -0.2) is 5.79 Å². The molecular weight excluding hydrogens is 1070 g/mol. The van der Waals surface area contributed by atoms with Crippen molar-refractivity contribution in [2.75, 3.05) is 0 Å². The molecule has 0 saturated carbocycles. The van der Waals surface area contributed by atoms with Crippen molar-refractivity contribution in [2.24, 2.45) is 0 Å². The Bertz CT molecular complexity index is 4120. The van der Waals surface area contributed by atoms with E-state index < -0.39 is 49.3 Å². The fourth-order valence-corrected chi connectivity index (χ4v) is 49.3. The molecule has 0 saturated heterocycles. The van der Waals surface area contributed by atoms with E-state index in [0.29, 0.717) is 0 Å². The van der Waals surface area contributed by atoms with Crippen molar-refractivity contribution in [1.82, 2.24) is 0 Å². The van der Waals surface area contributed by atoms with Gasteiger partial charge in [0, 0.05) is 101 Å². The Morgan fingerprint density at radius 1 is 0.316 bits per heavy atom. The van der Waals surface area contributed by atoms with E-state index in [2.05, 4.69) is 260 Å². The van der Waals surface area contributed by atoms with Crippen molar-refractivity contribution >= 4 is 138 Å². The standard InChI is InChI=1S/C71H58O2P6/c1-45-39-55-67(65(41-45)78(74-57-31-15-7-23-47(57)48-24-8-16-32-58(48)74)75-59-33-17-9-25-49(59)50-26-10-18-34-60(50)75)72-71(43-69(55,3)4)44-70(5,6)56-40-46(2)42-66(68(56)73-71)79(76-61-35-19-11-27-51(61)52-28-12-20-36-62(52)76)77-63-37-21-13-29-53(63)54-30-14-22-38-64(54)77/h7-42H,43-44H2,1-6H3. The van der Waals surface area contributed by atoms with Crippen LogP contribution in [0.25, 0.3) is 84.0 Å². The maximum atomic E-state index is 8.30. The van der Waals surface area contributed by atoms with Gasteiger partial charge >= 0.3 is 0 Å². The zero-order valence-corrected chi connectivity index (χ0v) is 50.6. The first kappa shape index (κ1) is 48.7. The van der Waals surface area contributed by atoms with Crippen molar-refractivity contribution in [3.05, 3.63) is 241 Å². The summed E-state index contributed by atoms with van der Waals surface area (Å²) < 4.78 is 16.6. The number of ether oxygens (including phenoxy) is 2. The Labute approximate surface area is 467 Å². The second kappa shape index (κ2) is 17.9. The highest BCUT2D eigenvalue weighted by Crippen LogP contribution is 2.88. The topological polar surface area (TPSA) is 18.5 Å². The molecule has 2 nitrogen and oxygen atoms in total. The maximum absolute atomic E-state index is 8.30. The first-order valence-corrected chi connectivity index (χ1v) is 38.6. The molecule has 1 spiro atoms. The molecule has 10 aromatic carbocycles. The number of rotatable bonds is 6. The predicted octanol–water partition coefficient (Wildman–Crippen LogP) is 23.1. The fraction of sp³-hybridized carbons (Fsp3) is 0.155. The minimum absolute atomic E-state index is 0.281. The Morgan fingerprint density at radius 3 is 0.759 bits per heavy atom. The summed E-state index contributed by atoms with van der Waals surface area (Å²) in [5.41, 5.74) is 4.68. The van der Waals surface area contributed by atoms with Crippen molar-refractivity contribution in [1.29, 1.82) is 0 Å². The van der Waals surface area contributed by atoms with E-state index in [1.165, 1.54) is 117 Å². The lowest BCUT2D eigenvalue weighted by Gasteiger charge is -2.52. The summed E-state index contributed by atoms with van der Waals surface area (Å²) in [6.07, 6.45) is 1.48. The third-order valence-corrected chi connectivity index (χ3v) is 45.8. The first-order chi connectivity index (χ1) is 38.5. The molecule has 0 aliphatic carbocycles. The lowest BCUT2D eigenvalue weighted by molar-refractivity contribution is -0.165. The van der Waals surface area contributed by atoms with Crippen LogP contribution in [0.15, 0.2) is 218 Å². The minimum Gasteiger partial charge on any atom is -0.451 e. The summed E-state index contributed by atoms with van der Waals surface area (Å²) in [6.45, 7) is 14.6. The molecule has 4 aromatic heterocycles. The Balaban J connectivity index is 0.973. The summed E-state index contributed by atoms with van der Waals surface area (Å²) >= 11 is 0. The molecule has 0 radical (unpaired) electrons. The van der Waals surface area contributed by atoms with Gasteiger partial charge in [0.1, 0.15) is 11.5 Å². The van der Waals surface area contributed by atoms with Crippen molar-refractivity contribution in [3.63, 3.8) is 0 Å². The number of aryl methyl sites for hydroxylation is 2. The van der Waals surface area contributed by atoms with E-state index in [4.69, 9.17) is 9.47 Å². The smallest absolute Gasteiger partial charge is 0.253 e. The molecular formula is C71H58O2P6. The van der Waals surface area contributed by atoms with Gasteiger partial charge < -0.3 is 9.47 Å². The van der Waals surface area contributed by atoms with Gasteiger partial charge in [-0.15, -0.1) is 0 Å². The summed E-state index contributed by atoms with van der Waals surface area (Å²) in [5.74, 6) is 1.20. The van der Waals surface area contributed by atoms with Crippen molar-refractivity contribution < 1.29 is 9.47 Å². The molecule has 0 N–H and O–H groups in total. The molecule has 0 bridgehead atoms. The molecule has 0 amide bonds. The summed E-state index contributed by atoms with van der Waals surface area (Å²) in [6, 6.07) is 85.1. The Kier molecular flexibility index (Phi) is 11.1. The van der Waals surface area contributed by atoms with Gasteiger partial charge in [-0.1, -0.05) is 214 Å². The highest BCUT2D eigenvalue weighted by atomic mass is 32.4. The second-order valence-electron chi connectivity index (χ2n) is 23.5. The number of benzene rings is 10. The second-order valence-corrected chi connectivity index (χ2v) is 43.5. The maximum Gasteiger partial charge on any atom is 0.253 e. The zero-order chi connectivity index (χ0) is 53.1. The normalized spacial score (nSPS) is 15.6. The first-order valence-electron chi connectivity index (χ1n) is 27.7. The largest absolute Gasteiger partial charge is 0.451 e. The number of hydrogen-bond acceptors (Lipinski definition) is 2. The molecule has 79 heavy (non-hydrogen) atoms. The molecule has 14 aromatic rings. The van der Waals surface area contributed by atoms with Crippen LogP contribution < -0.4 is 20.1 Å². The van der Waals surface area contributed by atoms with Gasteiger partial charge in [-0.3, -0.25) is 0 Å². The molecule has 0 atom stereocenters. The predicted molar refractivity (Wildman–Crippen MR) is 353 cm³/mol. The summed E-state index contributed by atoms with van der Waals surface area (Å²) in [7, 11) is -5.36. The van der Waals surface area contributed by atoms with Crippen LogP contribution in [0, 0.1) is 13.8 Å². The number of hydrogen-bond donors (Lipinski definition) is 0. The molecule has 16 rings (SSSR count). The van der Waals surface area contributed by atoms with E-state index in [9.17, 15) is 0 Å². The number of fused-ring (bicyclic) bond motifs is 14. The lowest BCUT2D eigenvalue weighted by atomic mass is 9.69. The van der Waals surface area contributed by atoms with Gasteiger partial charge in [0.15, 0.2) is 0 Å². The SMILES string of the molecule is Cc1cc(P(p2c3ccccc3c3ccccc32)p2c3ccccc3c3ccccc32)c2c(c1)C(C)(C)CC1(CC(C)(C)c3cc(C)cc(P(p4c5ccccc5c5ccccc54)p4c5ccccc5c5ccccc54)c3O1)O2. The third-order valence-electron chi connectivity index (χ3n) is 17.3. The minimum atomic E-state index is -0.965. The van der Waals surface area contributed by atoms with E-state index in [-0.39, 0.29) is 10.8 Å². The Morgan fingerprint density at radius 2 is 0.532 bits per heavy atom. The van der Waals surface area contributed by atoms with Crippen LogP contribution in [0.4, 0.5) is 0 Å². The van der Waals surface area contributed by atoms with Crippen LogP contribution >= 0.6 is 43.5 Å². The average Bonchev–Trinajstić information content (AvgIpc) is 4.22. The van der Waals surface area contributed by atoms with Crippen LogP contribution in [0.1, 0.15) is 62.8 Å². The lowest BCUT2D eigenvalue weighted by Crippen LogP contribution is -2.57. The highest BCUT2D eigenvalue weighted by molar-refractivity contribution is 8.63. The van der Waals surface area contributed by atoms with Crippen LogP contribution in [0.2, 0.25) is 0 Å². The molecule has 384 valence electrons. The monoisotopic (exact) mass is 1130 g/mol. The van der Waals surface area contributed by atoms with E-state index in [1.54, 1.807) is 0 Å². The van der Waals surface area contributed by atoms with Gasteiger partial charge in [-0.2, -0.15) is 0 Å². The van der Waals surface area contributed by atoms with E-state index >= 15 is 0 Å². The van der Waals surface area contributed by atoms with Gasteiger partial charge in [0.05, 0.1) is 0 Å². The summed E-state index contributed by atoms with van der Waals surface area (Å²) in [5, 5.41) is 25.9. The van der Waals surface area contributed by atoms with Gasteiger partial charge in [-0.05, 0) is 129 Å². The summed E-state index contributed by atoms with van der Waals surface area (Å²) in [4.78, 5) is 0. The van der Waals surface area contributed by atoms with Crippen LogP contribution in [0.3, 0.4) is 0 Å². The van der Waals surface area contributed by atoms with Gasteiger partial charge in [-0.25, -0.2) is 0 Å². The molecule has 8 heteroatoms. The van der Waals surface area contributed by atoms with Crippen LogP contribution in [0.5, 0.6) is 11.5 Å². The molecule has 6 heterocycles. The van der Waals surface area contributed by atoms with Gasteiger partial charge in [0.25, 0.3) is 5.79 Å². The Hall–Kier alpha value is -6.14. The average molecular weight is 1130 g/mol. The van der Waals surface area contributed by atoms with Crippen LogP contribution in [-0.2, 0) is 10.8 Å².